The van der Waals surface area contributed by atoms with Gasteiger partial charge in [0, 0.05) is 38.7 Å². The van der Waals surface area contributed by atoms with E-state index >= 15 is 0 Å². The molecule has 0 unspecified atom stereocenters. The molecule has 1 aromatic carbocycles. The van der Waals surface area contributed by atoms with Gasteiger partial charge >= 0.3 is 0 Å². The number of carbonyl (C=O) groups is 1. The minimum absolute atomic E-state index is 0.00259. The first-order valence-electron chi connectivity index (χ1n) is 8.18. The second-order valence-electron chi connectivity index (χ2n) is 6.13. The summed E-state index contributed by atoms with van der Waals surface area (Å²) in [6.45, 7) is 1.21. The number of amides is 1. The highest BCUT2D eigenvalue weighted by Gasteiger charge is 2.28. The van der Waals surface area contributed by atoms with Crippen LogP contribution in [0, 0.1) is 0 Å². The number of anilines is 1. The Bertz CT molecular complexity index is 716. The molecule has 0 spiro atoms. The van der Waals surface area contributed by atoms with Crippen LogP contribution in [0.2, 0.25) is 0 Å². The number of hydrogen-bond acceptors (Lipinski definition) is 6. The van der Waals surface area contributed by atoms with E-state index in [0.717, 1.165) is 18.0 Å². The van der Waals surface area contributed by atoms with Crippen molar-refractivity contribution in [1.29, 1.82) is 0 Å². The van der Waals surface area contributed by atoms with Crippen LogP contribution >= 0.6 is 0 Å². The normalized spacial score (nSPS) is 16.6. The van der Waals surface area contributed by atoms with E-state index in [0.29, 0.717) is 24.5 Å². The Morgan fingerprint density at radius 1 is 1.16 bits per heavy atom. The van der Waals surface area contributed by atoms with Crippen molar-refractivity contribution in [2.75, 3.05) is 39.2 Å². The van der Waals surface area contributed by atoms with Crippen molar-refractivity contribution in [2.24, 2.45) is 0 Å². The molecular formula is C18H22N4O3. The van der Waals surface area contributed by atoms with Crippen molar-refractivity contribution in [1.82, 2.24) is 15.1 Å². The topological polar surface area (TPSA) is 67.8 Å². The molecular weight excluding hydrogens is 320 g/mol. The van der Waals surface area contributed by atoms with Gasteiger partial charge in [-0.1, -0.05) is 0 Å². The molecule has 2 heterocycles. The summed E-state index contributed by atoms with van der Waals surface area (Å²) >= 11 is 0. The number of carbonyl (C=O) groups excluding carboxylic acids is 1. The lowest BCUT2D eigenvalue weighted by atomic mass is 10.2. The predicted octanol–water partition coefficient (Wildman–Crippen LogP) is 1.84. The van der Waals surface area contributed by atoms with Crippen LogP contribution in [0.15, 0.2) is 36.4 Å². The summed E-state index contributed by atoms with van der Waals surface area (Å²) < 4.78 is 11.0. The van der Waals surface area contributed by atoms with E-state index in [1.54, 1.807) is 42.3 Å². The number of rotatable bonds is 5. The number of aromatic nitrogens is 2. The maximum Gasteiger partial charge on any atom is 0.253 e. The van der Waals surface area contributed by atoms with Gasteiger partial charge in [0.15, 0.2) is 5.82 Å². The van der Waals surface area contributed by atoms with Crippen molar-refractivity contribution in [3.63, 3.8) is 0 Å². The second kappa shape index (κ2) is 7.38. The number of benzene rings is 1. The van der Waals surface area contributed by atoms with Crippen LogP contribution in [-0.2, 0) is 0 Å². The molecule has 0 bridgehead atoms. The van der Waals surface area contributed by atoms with Gasteiger partial charge in [-0.2, -0.15) is 0 Å². The van der Waals surface area contributed by atoms with Gasteiger partial charge in [-0.05, 0) is 30.3 Å². The summed E-state index contributed by atoms with van der Waals surface area (Å²) in [6, 6.07) is 10.8. The van der Waals surface area contributed by atoms with Gasteiger partial charge in [0.1, 0.15) is 11.9 Å². The molecule has 0 radical (unpaired) electrons. The lowest BCUT2D eigenvalue weighted by Gasteiger charge is -2.17. The average Bonchev–Trinajstić information content (AvgIpc) is 3.10. The van der Waals surface area contributed by atoms with Gasteiger partial charge in [0.05, 0.1) is 13.7 Å². The fourth-order valence-electron chi connectivity index (χ4n) is 2.71. The molecule has 1 aliphatic rings. The van der Waals surface area contributed by atoms with Crippen LogP contribution in [0.25, 0.3) is 0 Å². The molecule has 0 aliphatic carbocycles. The molecule has 1 aliphatic heterocycles. The number of likely N-dealkylation sites (tertiary alicyclic amines) is 1. The van der Waals surface area contributed by atoms with E-state index < -0.39 is 0 Å². The van der Waals surface area contributed by atoms with Crippen LogP contribution < -0.4 is 14.4 Å². The van der Waals surface area contributed by atoms with Gasteiger partial charge in [-0.15, -0.1) is 10.2 Å². The van der Waals surface area contributed by atoms with Crippen LogP contribution in [-0.4, -0.2) is 61.4 Å². The van der Waals surface area contributed by atoms with Crippen molar-refractivity contribution in [3.8, 4) is 11.6 Å². The largest absolute Gasteiger partial charge is 0.497 e. The van der Waals surface area contributed by atoms with Crippen LogP contribution in [0.5, 0.6) is 11.6 Å². The minimum Gasteiger partial charge on any atom is -0.497 e. The van der Waals surface area contributed by atoms with Crippen molar-refractivity contribution in [2.45, 2.75) is 12.5 Å². The average molecular weight is 342 g/mol. The summed E-state index contributed by atoms with van der Waals surface area (Å²) in [5.41, 5.74) is 0.650. The molecule has 1 amide bonds. The number of methoxy groups -OCH3 is 1. The molecule has 25 heavy (non-hydrogen) atoms. The lowest BCUT2D eigenvalue weighted by Crippen LogP contribution is -2.31. The highest BCUT2D eigenvalue weighted by molar-refractivity contribution is 5.94. The molecule has 2 aromatic rings. The molecule has 7 heteroatoms. The smallest absolute Gasteiger partial charge is 0.253 e. The zero-order valence-electron chi connectivity index (χ0n) is 14.7. The van der Waals surface area contributed by atoms with Gasteiger partial charge < -0.3 is 19.3 Å². The maximum absolute atomic E-state index is 12.6. The third-order valence-electron chi connectivity index (χ3n) is 4.14. The fraction of sp³-hybridized carbons (Fsp3) is 0.389. The van der Waals surface area contributed by atoms with E-state index in [4.69, 9.17) is 9.47 Å². The summed E-state index contributed by atoms with van der Waals surface area (Å²) in [7, 11) is 5.42. The summed E-state index contributed by atoms with van der Waals surface area (Å²) in [5.74, 6) is 1.99. The van der Waals surface area contributed by atoms with Crippen molar-refractivity contribution >= 4 is 11.7 Å². The standard InChI is InChI=1S/C18H22N4O3/c1-21(2)16-8-9-17(20-19-16)25-15-10-11-22(12-15)18(23)13-4-6-14(24-3)7-5-13/h4-9,15H,10-12H2,1-3H3/t15-/m0/s1. The predicted molar refractivity (Wildman–Crippen MR) is 94.3 cm³/mol. The number of hydrogen-bond donors (Lipinski definition) is 0. The highest BCUT2D eigenvalue weighted by atomic mass is 16.5. The zero-order chi connectivity index (χ0) is 17.8. The first-order valence-corrected chi connectivity index (χ1v) is 8.18. The van der Waals surface area contributed by atoms with Crippen molar-refractivity contribution in [3.05, 3.63) is 42.0 Å². The number of ether oxygens (including phenoxy) is 2. The SMILES string of the molecule is COc1ccc(C(=O)N2CC[C@H](Oc3ccc(N(C)C)nn3)C2)cc1. The van der Waals surface area contributed by atoms with E-state index in [1.807, 2.05) is 25.1 Å². The molecule has 1 atom stereocenters. The highest BCUT2D eigenvalue weighted by Crippen LogP contribution is 2.20. The Kier molecular flexibility index (Phi) is 5.02. The third kappa shape index (κ3) is 3.99. The first-order chi connectivity index (χ1) is 12.1. The van der Waals surface area contributed by atoms with E-state index in [-0.39, 0.29) is 12.0 Å². The Morgan fingerprint density at radius 2 is 1.92 bits per heavy atom. The van der Waals surface area contributed by atoms with Crippen LogP contribution in [0.1, 0.15) is 16.8 Å². The van der Waals surface area contributed by atoms with Gasteiger partial charge in [0.25, 0.3) is 5.91 Å². The maximum atomic E-state index is 12.6. The first kappa shape index (κ1) is 17.0. The second-order valence-corrected chi connectivity index (χ2v) is 6.13. The molecule has 132 valence electrons. The summed E-state index contributed by atoms with van der Waals surface area (Å²) in [6.07, 6.45) is 0.709. The summed E-state index contributed by atoms with van der Waals surface area (Å²) in [4.78, 5) is 16.2. The Hall–Kier alpha value is -2.83. The van der Waals surface area contributed by atoms with Crippen LogP contribution in [0.4, 0.5) is 5.82 Å². The van der Waals surface area contributed by atoms with E-state index in [9.17, 15) is 4.79 Å². The molecule has 1 fully saturated rings. The molecule has 1 aromatic heterocycles. The molecule has 0 N–H and O–H groups in total. The fourth-order valence-corrected chi connectivity index (χ4v) is 2.71. The van der Waals surface area contributed by atoms with Gasteiger partial charge in [-0.3, -0.25) is 4.79 Å². The van der Waals surface area contributed by atoms with Crippen molar-refractivity contribution < 1.29 is 14.3 Å². The Morgan fingerprint density at radius 3 is 2.52 bits per heavy atom. The Balaban J connectivity index is 1.58. The molecule has 0 saturated carbocycles. The molecule has 7 nitrogen and oxygen atoms in total. The zero-order valence-corrected chi connectivity index (χ0v) is 14.7. The molecule has 1 saturated heterocycles. The monoisotopic (exact) mass is 342 g/mol. The summed E-state index contributed by atoms with van der Waals surface area (Å²) in [5, 5.41) is 8.18. The van der Waals surface area contributed by atoms with E-state index in [1.165, 1.54) is 0 Å². The van der Waals surface area contributed by atoms with Crippen LogP contribution in [0.3, 0.4) is 0 Å². The van der Waals surface area contributed by atoms with Gasteiger partial charge in [-0.25, -0.2) is 0 Å². The van der Waals surface area contributed by atoms with Gasteiger partial charge in [0.2, 0.25) is 5.88 Å². The van der Waals surface area contributed by atoms with E-state index in [2.05, 4.69) is 10.2 Å². The Labute approximate surface area is 147 Å². The third-order valence-corrected chi connectivity index (χ3v) is 4.14. The lowest BCUT2D eigenvalue weighted by molar-refractivity contribution is 0.0771. The molecule has 3 rings (SSSR count). The minimum atomic E-state index is -0.0679. The number of nitrogens with zero attached hydrogens (tertiary/aromatic N) is 4. The quantitative estimate of drug-likeness (QED) is 0.826.